The van der Waals surface area contributed by atoms with Crippen molar-refractivity contribution in [2.45, 2.75) is 25.9 Å². The summed E-state index contributed by atoms with van der Waals surface area (Å²) >= 11 is 1.39. The molecule has 0 saturated carbocycles. The van der Waals surface area contributed by atoms with E-state index in [1.165, 1.54) is 22.9 Å². The van der Waals surface area contributed by atoms with Gasteiger partial charge in [0, 0.05) is 16.8 Å². The molecule has 0 atom stereocenters. The number of thioether (sulfide) groups is 1. The van der Waals surface area contributed by atoms with Crippen LogP contribution in [0.4, 0.5) is 0 Å². The third-order valence-corrected chi connectivity index (χ3v) is 6.04. The first-order chi connectivity index (χ1) is 14.8. The van der Waals surface area contributed by atoms with Crippen LogP contribution < -0.4 is 0 Å². The lowest BCUT2D eigenvalue weighted by Crippen LogP contribution is -2.35. The average molecular weight is 436 g/mol. The summed E-state index contributed by atoms with van der Waals surface area (Å²) in [4.78, 5) is 46.8. The molecule has 4 rings (SSSR count). The van der Waals surface area contributed by atoms with Gasteiger partial charge in [-0.2, -0.15) is 0 Å². The van der Waals surface area contributed by atoms with Crippen LogP contribution in [-0.4, -0.2) is 51.6 Å². The average Bonchev–Trinajstić information content (AvgIpc) is 2.98. The SMILES string of the molecule is Cc1cc2nc(SCCOC(=O)CN3C(=O)c4ccccc4C3=O)nc(C)c2cc1C. The number of rotatable bonds is 6. The zero-order chi connectivity index (χ0) is 22.1. The number of esters is 1. The highest BCUT2D eigenvalue weighted by atomic mass is 32.2. The number of hydrogen-bond acceptors (Lipinski definition) is 7. The topological polar surface area (TPSA) is 89.5 Å². The van der Waals surface area contributed by atoms with Crippen LogP contribution >= 0.6 is 11.8 Å². The highest BCUT2D eigenvalue weighted by Gasteiger charge is 2.36. The third kappa shape index (κ3) is 4.16. The Labute approximate surface area is 183 Å². The Morgan fingerprint density at radius 2 is 1.65 bits per heavy atom. The molecule has 0 saturated heterocycles. The number of aromatic nitrogens is 2. The van der Waals surface area contributed by atoms with Gasteiger partial charge in [0.05, 0.1) is 16.6 Å². The van der Waals surface area contributed by atoms with Crippen molar-refractivity contribution in [3.63, 3.8) is 0 Å². The molecule has 1 aliphatic heterocycles. The molecule has 1 aromatic heterocycles. The van der Waals surface area contributed by atoms with Crippen molar-refractivity contribution in [2.75, 3.05) is 18.9 Å². The molecule has 2 aromatic carbocycles. The molecule has 2 amide bonds. The summed E-state index contributed by atoms with van der Waals surface area (Å²) in [6.45, 7) is 5.78. The number of carbonyl (C=O) groups is 3. The van der Waals surface area contributed by atoms with E-state index >= 15 is 0 Å². The maximum Gasteiger partial charge on any atom is 0.326 e. The van der Waals surface area contributed by atoms with Crippen LogP contribution in [0.2, 0.25) is 0 Å². The maximum absolute atomic E-state index is 12.3. The lowest BCUT2D eigenvalue weighted by molar-refractivity contribution is -0.143. The lowest BCUT2D eigenvalue weighted by Gasteiger charge is -2.13. The molecule has 0 N–H and O–H groups in total. The molecule has 0 fully saturated rings. The Morgan fingerprint density at radius 3 is 2.32 bits per heavy atom. The summed E-state index contributed by atoms with van der Waals surface area (Å²) in [5.41, 5.74) is 4.78. The molecule has 0 unspecified atom stereocenters. The Morgan fingerprint density at radius 1 is 1.00 bits per heavy atom. The first kappa shape index (κ1) is 21.0. The summed E-state index contributed by atoms with van der Waals surface area (Å²) in [6.07, 6.45) is 0. The van der Waals surface area contributed by atoms with Crippen LogP contribution in [0, 0.1) is 20.8 Å². The molecule has 31 heavy (non-hydrogen) atoms. The number of amides is 2. The van der Waals surface area contributed by atoms with Crippen LogP contribution in [0.3, 0.4) is 0 Å². The van der Waals surface area contributed by atoms with Gasteiger partial charge >= 0.3 is 5.97 Å². The normalized spacial score (nSPS) is 13.1. The third-order valence-electron chi connectivity index (χ3n) is 5.22. The smallest absolute Gasteiger partial charge is 0.326 e. The zero-order valence-electron chi connectivity index (χ0n) is 17.5. The Kier molecular flexibility index (Phi) is 5.73. The summed E-state index contributed by atoms with van der Waals surface area (Å²) in [7, 11) is 0. The van der Waals surface area contributed by atoms with E-state index in [0.29, 0.717) is 22.0 Å². The number of imide groups is 1. The number of benzene rings is 2. The molecule has 0 radical (unpaired) electrons. The second kappa shape index (κ2) is 8.47. The summed E-state index contributed by atoms with van der Waals surface area (Å²) in [6, 6.07) is 10.7. The van der Waals surface area contributed by atoms with E-state index in [-0.39, 0.29) is 6.61 Å². The van der Waals surface area contributed by atoms with Gasteiger partial charge < -0.3 is 4.74 Å². The van der Waals surface area contributed by atoms with Gasteiger partial charge in [-0.3, -0.25) is 19.3 Å². The molecular formula is C23H21N3O4S. The van der Waals surface area contributed by atoms with Crippen molar-refractivity contribution in [1.82, 2.24) is 14.9 Å². The van der Waals surface area contributed by atoms with E-state index in [0.717, 1.165) is 21.5 Å². The number of nitrogens with zero attached hydrogens (tertiary/aromatic N) is 3. The van der Waals surface area contributed by atoms with E-state index in [4.69, 9.17) is 4.74 Å². The first-order valence-corrected chi connectivity index (χ1v) is 10.8. The highest BCUT2D eigenvalue weighted by Crippen LogP contribution is 2.24. The number of ether oxygens (including phenoxy) is 1. The summed E-state index contributed by atoms with van der Waals surface area (Å²) < 4.78 is 5.21. The highest BCUT2D eigenvalue weighted by molar-refractivity contribution is 7.99. The van der Waals surface area contributed by atoms with E-state index in [1.807, 2.05) is 19.9 Å². The predicted molar refractivity (Wildman–Crippen MR) is 117 cm³/mol. The van der Waals surface area contributed by atoms with Gasteiger partial charge in [0.15, 0.2) is 5.16 Å². The number of aryl methyl sites for hydroxylation is 3. The molecule has 3 aromatic rings. The van der Waals surface area contributed by atoms with Crippen LogP contribution in [0.1, 0.15) is 37.5 Å². The molecule has 158 valence electrons. The van der Waals surface area contributed by atoms with Gasteiger partial charge in [-0.05, 0) is 56.2 Å². The molecule has 0 aliphatic carbocycles. The first-order valence-electron chi connectivity index (χ1n) is 9.84. The number of carbonyl (C=O) groups excluding carboxylic acids is 3. The minimum Gasteiger partial charge on any atom is -0.463 e. The minimum atomic E-state index is -0.628. The van der Waals surface area contributed by atoms with Gasteiger partial charge in [-0.25, -0.2) is 9.97 Å². The van der Waals surface area contributed by atoms with Gasteiger partial charge in [0.25, 0.3) is 11.8 Å². The molecule has 1 aliphatic rings. The zero-order valence-corrected chi connectivity index (χ0v) is 18.3. The molecule has 8 heteroatoms. The standard InChI is InChI=1S/C23H21N3O4S/c1-13-10-18-15(3)24-23(25-19(18)11-14(13)2)31-9-8-30-20(27)12-26-21(28)16-6-4-5-7-17(16)22(26)29/h4-7,10-11H,8-9,12H2,1-3H3. The van der Waals surface area contributed by atoms with Crippen molar-refractivity contribution >= 4 is 40.4 Å². The van der Waals surface area contributed by atoms with E-state index in [2.05, 4.69) is 23.0 Å². The largest absolute Gasteiger partial charge is 0.463 e. The predicted octanol–water partition coefficient (Wildman–Crippen LogP) is 3.49. The van der Waals surface area contributed by atoms with E-state index < -0.39 is 24.3 Å². The fourth-order valence-electron chi connectivity index (χ4n) is 3.43. The minimum absolute atomic E-state index is 0.125. The summed E-state index contributed by atoms with van der Waals surface area (Å²) in [5, 5.41) is 1.64. The van der Waals surface area contributed by atoms with Crippen LogP contribution in [0.25, 0.3) is 10.9 Å². The maximum atomic E-state index is 12.3. The van der Waals surface area contributed by atoms with E-state index in [1.54, 1.807) is 24.3 Å². The molecular weight excluding hydrogens is 414 g/mol. The monoisotopic (exact) mass is 435 g/mol. The van der Waals surface area contributed by atoms with Crippen LogP contribution in [0.15, 0.2) is 41.6 Å². The van der Waals surface area contributed by atoms with Crippen molar-refractivity contribution in [3.8, 4) is 0 Å². The second-order valence-electron chi connectivity index (χ2n) is 7.36. The van der Waals surface area contributed by atoms with Gasteiger partial charge in [0.1, 0.15) is 13.2 Å². The Bertz CT molecular complexity index is 1190. The fourth-order valence-corrected chi connectivity index (χ4v) is 4.14. The second-order valence-corrected chi connectivity index (χ2v) is 8.42. The number of hydrogen-bond donors (Lipinski definition) is 0. The molecule has 0 spiro atoms. The van der Waals surface area contributed by atoms with Crippen LogP contribution in [0.5, 0.6) is 0 Å². The Balaban J connectivity index is 1.31. The van der Waals surface area contributed by atoms with Gasteiger partial charge in [-0.1, -0.05) is 23.9 Å². The van der Waals surface area contributed by atoms with Crippen LogP contribution in [-0.2, 0) is 9.53 Å². The van der Waals surface area contributed by atoms with Crippen molar-refractivity contribution < 1.29 is 19.1 Å². The molecule has 7 nitrogen and oxygen atoms in total. The van der Waals surface area contributed by atoms with Gasteiger partial charge in [-0.15, -0.1) is 0 Å². The quantitative estimate of drug-likeness (QED) is 0.192. The lowest BCUT2D eigenvalue weighted by atomic mass is 10.1. The van der Waals surface area contributed by atoms with Crippen molar-refractivity contribution in [3.05, 3.63) is 64.3 Å². The Hall–Kier alpha value is -3.26. The van der Waals surface area contributed by atoms with Crippen molar-refractivity contribution in [2.24, 2.45) is 0 Å². The van der Waals surface area contributed by atoms with Crippen molar-refractivity contribution in [1.29, 1.82) is 0 Å². The van der Waals surface area contributed by atoms with E-state index in [9.17, 15) is 14.4 Å². The number of fused-ring (bicyclic) bond motifs is 2. The molecule has 0 bridgehead atoms. The fraction of sp³-hybridized carbons (Fsp3) is 0.261. The summed E-state index contributed by atoms with van der Waals surface area (Å²) in [5.74, 6) is -1.12. The van der Waals surface area contributed by atoms with Gasteiger partial charge in [0.2, 0.25) is 0 Å². The molecule has 2 heterocycles.